The van der Waals surface area contributed by atoms with E-state index in [1.54, 1.807) is 10.9 Å². The predicted molar refractivity (Wildman–Crippen MR) is 110 cm³/mol. The molecule has 0 aliphatic heterocycles. The highest BCUT2D eigenvalue weighted by Gasteiger charge is 2.19. The van der Waals surface area contributed by atoms with Gasteiger partial charge in [0.15, 0.2) is 11.2 Å². The minimum atomic E-state index is -0.536. The van der Waals surface area contributed by atoms with Gasteiger partial charge in [0.1, 0.15) is 5.78 Å². The minimum absolute atomic E-state index is 0.260. The van der Waals surface area contributed by atoms with Crippen molar-refractivity contribution in [1.29, 1.82) is 0 Å². The third-order valence-electron chi connectivity index (χ3n) is 4.74. The maximum atomic E-state index is 13.1. The van der Waals surface area contributed by atoms with Gasteiger partial charge in [-0.05, 0) is 18.1 Å². The predicted octanol–water partition coefficient (Wildman–Crippen LogP) is 2.05. The average Bonchev–Trinajstić information content (AvgIpc) is 3.13. The van der Waals surface area contributed by atoms with E-state index < -0.39 is 11.2 Å². The van der Waals surface area contributed by atoms with Crippen LogP contribution >= 0.6 is 0 Å². The van der Waals surface area contributed by atoms with E-state index in [0.717, 1.165) is 15.7 Å². The van der Waals surface area contributed by atoms with Crippen molar-refractivity contribution in [2.75, 3.05) is 0 Å². The lowest BCUT2D eigenvalue weighted by molar-refractivity contribution is -0.117. The maximum absolute atomic E-state index is 13.1. The molecule has 0 atom stereocenters. The Hall–Kier alpha value is -3.74. The zero-order valence-corrected chi connectivity index (χ0v) is 16.0. The first-order valence-corrected chi connectivity index (χ1v) is 9.30. The summed E-state index contributed by atoms with van der Waals surface area (Å²) in [5.74, 6) is -0.260. The number of rotatable bonds is 6. The van der Waals surface area contributed by atoms with Crippen molar-refractivity contribution < 1.29 is 4.79 Å². The van der Waals surface area contributed by atoms with E-state index in [2.05, 4.69) is 4.98 Å². The fourth-order valence-electron chi connectivity index (χ4n) is 3.41. The van der Waals surface area contributed by atoms with Crippen molar-refractivity contribution >= 4 is 16.9 Å². The van der Waals surface area contributed by atoms with Crippen LogP contribution in [0.15, 0.2) is 76.6 Å². The lowest BCUT2D eigenvalue weighted by Crippen LogP contribution is -2.42. The van der Waals surface area contributed by atoms with Gasteiger partial charge < -0.3 is 4.57 Å². The average molecular weight is 388 g/mol. The molecular formula is C22H20N4O3. The van der Waals surface area contributed by atoms with Crippen molar-refractivity contribution in [1.82, 2.24) is 18.7 Å². The standard InChI is InChI=1S/C22H20N4O3/c1-16(27)12-26-21(28)19-20(23-15-24(19)13-17-8-4-2-5-9-17)25(22(26)29)14-18-10-6-3-7-11-18/h2-11,15H,12-14H2,1H3. The third kappa shape index (κ3) is 3.67. The van der Waals surface area contributed by atoms with Crippen LogP contribution in [0.5, 0.6) is 0 Å². The van der Waals surface area contributed by atoms with Gasteiger partial charge in [-0.2, -0.15) is 0 Å². The van der Waals surface area contributed by atoms with Gasteiger partial charge in [0.05, 0.1) is 19.4 Å². The fraction of sp³-hybridized carbons (Fsp3) is 0.182. The van der Waals surface area contributed by atoms with Crippen LogP contribution in [0.4, 0.5) is 0 Å². The zero-order valence-electron chi connectivity index (χ0n) is 16.0. The van der Waals surface area contributed by atoms with Gasteiger partial charge in [-0.25, -0.2) is 9.78 Å². The van der Waals surface area contributed by atoms with Crippen LogP contribution in [0.3, 0.4) is 0 Å². The number of carbonyl (C=O) groups excluding carboxylic acids is 1. The number of nitrogens with zero attached hydrogens (tertiary/aromatic N) is 4. The molecule has 4 aromatic rings. The Morgan fingerprint density at radius 3 is 2.03 bits per heavy atom. The molecule has 2 aromatic heterocycles. The van der Waals surface area contributed by atoms with Crippen LogP contribution in [0.2, 0.25) is 0 Å². The number of hydrogen-bond donors (Lipinski definition) is 0. The lowest BCUT2D eigenvalue weighted by Gasteiger charge is -2.12. The number of imidazole rings is 1. The number of carbonyl (C=O) groups is 1. The van der Waals surface area contributed by atoms with Gasteiger partial charge in [-0.1, -0.05) is 60.7 Å². The number of aromatic nitrogens is 4. The first-order valence-electron chi connectivity index (χ1n) is 9.30. The van der Waals surface area contributed by atoms with Crippen LogP contribution in [-0.2, 0) is 24.4 Å². The van der Waals surface area contributed by atoms with Crippen LogP contribution in [0.25, 0.3) is 11.2 Å². The Morgan fingerprint density at radius 1 is 0.862 bits per heavy atom. The van der Waals surface area contributed by atoms with Crippen molar-refractivity contribution in [3.05, 3.63) is 99.0 Å². The summed E-state index contributed by atoms with van der Waals surface area (Å²) >= 11 is 0. The Kier molecular flexibility index (Phi) is 4.95. The quantitative estimate of drug-likeness (QED) is 0.506. The number of fused-ring (bicyclic) bond motifs is 1. The molecule has 0 radical (unpaired) electrons. The molecule has 0 saturated heterocycles. The number of benzene rings is 2. The van der Waals surface area contributed by atoms with Crippen LogP contribution in [0.1, 0.15) is 18.1 Å². The van der Waals surface area contributed by atoms with E-state index in [1.165, 1.54) is 11.5 Å². The molecule has 0 unspecified atom stereocenters. The van der Waals surface area contributed by atoms with Crippen molar-refractivity contribution in [2.45, 2.75) is 26.6 Å². The first kappa shape index (κ1) is 18.6. The highest BCUT2D eigenvalue weighted by atomic mass is 16.2. The van der Waals surface area contributed by atoms with Crippen LogP contribution in [-0.4, -0.2) is 24.5 Å². The molecule has 7 heteroatoms. The molecular weight excluding hydrogens is 368 g/mol. The summed E-state index contributed by atoms with van der Waals surface area (Å²) in [6, 6.07) is 19.2. The third-order valence-corrected chi connectivity index (χ3v) is 4.74. The minimum Gasteiger partial charge on any atom is -0.320 e. The molecule has 0 aliphatic carbocycles. The molecule has 2 heterocycles. The summed E-state index contributed by atoms with van der Waals surface area (Å²) in [6.07, 6.45) is 1.57. The molecule has 0 fully saturated rings. The van der Waals surface area contributed by atoms with E-state index in [-0.39, 0.29) is 18.9 Å². The van der Waals surface area contributed by atoms with Gasteiger partial charge in [0.2, 0.25) is 0 Å². The Morgan fingerprint density at radius 2 is 1.45 bits per heavy atom. The second-order valence-electron chi connectivity index (χ2n) is 6.98. The summed E-state index contributed by atoms with van der Waals surface area (Å²) in [4.78, 5) is 42.2. The second kappa shape index (κ2) is 7.71. The molecule has 29 heavy (non-hydrogen) atoms. The number of Topliss-reactive ketones (excluding diaryl/α,β-unsaturated/α-hetero) is 1. The molecule has 7 nitrogen and oxygen atoms in total. The second-order valence-corrected chi connectivity index (χ2v) is 6.98. The zero-order chi connectivity index (χ0) is 20.4. The van der Waals surface area contributed by atoms with Gasteiger partial charge in [-0.3, -0.25) is 18.7 Å². The summed E-state index contributed by atoms with van der Waals surface area (Å²) < 4.78 is 4.18. The summed E-state index contributed by atoms with van der Waals surface area (Å²) in [5, 5.41) is 0. The number of hydrogen-bond acceptors (Lipinski definition) is 4. The number of ketones is 1. The van der Waals surface area contributed by atoms with E-state index in [9.17, 15) is 14.4 Å². The summed E-state index contributed by atoms with van der Waals surface area (Å²) in [6.45, 7) is 1.80. The van der Waals surface area contributed by atoms with Crippen LogP contribution < -0.4 is 11.2 Å². The highest BCUT2D eigenvalue weighted by molar-refractivity contribution is 5.76. The maximum Gasteiger partial charge on any atom is 0.333 e. The Labute approximate surface area is 166 Å². The molecule has 0 N–H and O–H groups in total. The van der Waals surface area contributed by atoms with E-state index in [4.69, 9.17) is 0 Å². The topological polar surface area (TPSA) is 78.9 Å². The summed E-state index contributed by atoms with van der Waals surface area (Å²) in [7, 11) is 0. The van der Waals surface area contributed by atoms with Crippen molar-refractivity contribution in [2.24, 2.45) is 0 Å². The van der Waals surface area contributed by atoms with Gasteiger partial charge in [0.25, 0.3) is 5.56 Å². The Balaban J connectivity index is 1.93. The highest BCUT2D eigenvalue weighted by Crippen LogP contribution is 2.12. The monoisotopic (exact) mass is 388 g/mol. The lowest BCUT2D eigenvalue weighted by atomic mass is 10.2. The smallest absolute Gasteiger partial charge is 0.320 e. The molecule has 0 bridgehead atoms. The van der Waals surface area contributed by atoms with Crippen molar-refractivity contribution in [3.8, 4) is 0 Å². The molecule has 0 saturated carbocycles. The van der Waals surface area contributed by atoms with E-state index in [1.807, 2.05) is 60.7 Å². The van der Waals surface area contributed by atoms with Gasteiger partial charge in [-0.15, -0.1) is 0 Å². The first-order chi connectivity index (χ1) is 14.0. The Bertz CT molecular complexity index is 1280. The molecule has 146 valence electrons. The molecule has 0 amide bonds. The fourth-order valence-corrected chi connectivity index (χ4v) is 3.41. The molecule has 4 rings (SSSR count). The largest absolute Gasteiger partial charge is 0.333 e. The van der Waals surface area contributed by atoms with E-state index >= 15 is 0 Å². The molecule has 0 spiro atoms. The summed E-state index contributed by atoms with van der Waals surface area (Å²) in [5.41, 5.74) is 1.50. The normalized spacial score (nSPS) is 11.1. The van der Waals surface area contributed by atoms with E-state index in [0.29, 0.717) is 17.7 Å². The molecule has 0 aliphatic rings. The SMILES string of the molecule is CC(=O)Cn1c(=O)c2c(ncn2Cc2ccccc2)n(Cc2ccccc2)c1=O. The van der Waals surface area contributed by atoms with Gasteiger partial charge >= 0.3 is 5.69 Å². The van der Waals surface area contributed by atoms with Gasteiger partial charge in [0, 0.05) is 6.54 Å². The van der Waals surface area contributed by atoms with Crippen LogP contribution in [0, 0.1) is 0 Å². The molecule has 2 aromatic carbocycles. The van der Waals surface area contributed by atoms with Crippen molar-refractivity contribution in [3.63, 3.8) is 0 Å².